The maximum Gasteiger partial charge on any atom is 0.251 e. The quantitative estimate of drug-likeness (QED) is 0.820. The average Bonchev–Trinajstić information content (AvgIpc) is 2.52. The summed E-state index contributed by atoms with van der Waals surface area (Å²) in [5, 5.41) is 5.92. The molecule has 0 unspecified atom stereocenters. The Labute approximate surface area is 146 Å². The Kier molecular flexibility index (Phi) is 6.63. The van der Waals surface area contributed by atoms with Gasteiger partial charge in [-0.1, -0.05) is 42.6 Å². The molecule has 0 aliphatic heterocycles. The van der Waals surface area contributed by atoms with Gasteiger partial charge in [-0.15, -0.1) is 0 Å². The van der Waals surface area contributed by atoms with Crippen LogP contribution in [0, 0.1) is 11.8 Å². The van der Waals surface area contributed by atoms with E-state index in [1.165, 1.54) is 12.8 Å². The third kappa shape index (κ3) is 5.34. The summed E-state index contributed by atoms with van der Waals surface area (Å²) in [6, 6.07) is 7.43. The fraction of sp³-hybridized carbons (Fsp3) is 0.556. The minimum Gasteiger partial charge on any atom is -0.353 e. The summed E-state index contributed by atoms with van der Waals surface area (Å²) >= 11 is 3.34. The molecule has 0 spiro atoms. The van der Waals surface area contributed by atoms with E-state index in [9.17, 15) is 9.59 Å². The predicted octanol–water partition coefficient (Wildman–Crippen LogP) is 3.51. The van der Waals surface area contributed by atoms with Crippen molar-refractivity contribution in [1.29, 1.82) is 0 Å². The van der Waals surface area contributed by atoms with Crippen molar-refractivity contribution >= 4 is 27.7 Å². The normalized spacial score (nSPS) is 24.0. The number of hydrogen-bond acceptors (Lipinski definition) is 2. The van der Waals surface area contributed by atoms with E-state index in [0.29, 0.717) is 30.4 Å². The molecule has 126 valence electrons. The van der Waals surface area contributed by atoms with Crippen LogP contribution in [0.1, 0.15) is 49.9 Å². The second-order valence-electron chi connectivity index (χ2n) is 6.45. The molecule has 0 saturated heterocycles. The van der Waals surface area contributed by atoms with Gasteiger partial charge in [0.15, 0.2) is 0 Å². The third-order valence-electron chi connectivity index (χ3n) is 4.80. The zero-order valence-electron chi connectivity index (χ0n) is 13.8. The fourth-order valence-electron chi connectivity index (χ4n) is 3.06. The zero-order valence-corrected chi connectivity index (χ0v) is 15.4. The largest absolute Gasteiger partial charge is 0.353 e. The monoisotopic (exact) mass is 380 g/mol. The van der Waals surface area contributed by atoms with Crippen LogP contribution < -0.4 is 10.6 Å². The van der Waals surface area contributed by atoms with Crippen molar-refractivity contribution in [3.8, 4) is 0 Å². The van der Waals surface area contributed by atoms with Gasteiger partial charge in [0, 0.05) is 29.0 Å². The van der Waals surface area contributed by atoms with Crippen molar-refractivity contribution in [2.45, 2.75) is 45.6 Å². The Morgan fingerprint density at radius 2 is 1.87 bits per heavy atom. The molecule has 4 nitrogen and oxygen atoms in total. The first kappa shape index (κ1) is 18.0. The average molecular weight is 381 g/mol. The standard InChI is InChI=1S/C18H25BrN2O2/c1-12-4-3-5-16(13(12)2)21-17(22)10-11-20-18(23)14-6-8-15(19)9-7-14/h6-9,12-13,16H,3-5,10-11H2,1-2H3,(H,20,23)(H,21,22)/t12-,13-,16+/m1/s1. The van der Waals surface area contributed by atoms with E-state index >= 15 is 0 Å². The van der Waals surface area contributed by atoms with Crippen LogP contribution >= 0.6 is 15.9 Å². The van der Waals surface area contributed by atoms with Crippen LogP contribution in [0.4, 0.5) is 0 Å². The van der Waals surface area contributed by atoms with Gasteiger partial charge in [0.2, 0.25) is 5.91 Å². The Morgan fingerprint density at radius 1 is 1.17 bits per heavy atom. The van der Waals surface area contributed by atoms with Gasteiger partial charge in [-0.2, -0.15) is 0 Å². The number of rotatable bonds is 5. The first-order valence-electron chi connectivity index (χ1n) is 8.30. The minimum absolute atomic E-state index is 0.0204. The van der Waals surface area contributed by atoms with Gasteiger partial charge in [0.1, 0.15) is 0 Å². The van der Waals surface area contributed by atoms with Crippen LogP contribution in [0.3, 0.4) is 0 Å². The van der Waals surface area contributed by atoms with E-state index in [2.05, 4.69) is 40.4 Å². The first-order valence-corrected chi connectivity index (χ1v) is 9.10. The molecule has 1 aromatic carbocycles. The molecule has 5 heteroatoms. The Hall–Kier alpha value is -1.36. The summed E-state index contributed by atoms with van der Waals surface area (Å²) in [7, 11) is 0. The van der Waals surface area contributed by atoms with Gasteiger partial charge in [0.25, 0.3) is 5.91 Å². The van der Waals surface area contributed by atoms with E-state index in [4.69, 9.17) is 0 Å². The molecular weight excluding hydrogens is 356 g/mol. The Morgan fingerprint density at radius 3 is 2.57 bits per heavy atom. The number of hydrogen-bond donors (Lipinski definition) is 2. The van der Waals surface area contributed by atoms with E-state index in [1.807, 2.05) is 12.1 Å². The highest BCUT2D eigenvalue weighted by Crippen LogP contribution is 2.29. The van der Waals surface area contributed by atoms with Crippen molar-refractivity contribution < 1.29 is 9.59 Å². The molecule has 0 radical (unpaired) electrons. The van der Waals surface area contributed by atoms with Gasteiger partial charge >= 0.3 is 0 Å². The molecule has 1 aliphatic rings. The lowest BCUT2D eigenvalue weighted by Gasteiger charge is -2.34. The molecule has 1 aliphatic carbocycles. The van der Waals surface area contributed by atoms with Crippen molar-refractivity contribution in [2.24, 2.45) is 11.8 Å². The molecule has 0 aromatic heterocycles. The third-order valence-corrected chi connectivity index (χ3v) is 5.33. The van der Waals surface area contributed by atoms with Crippen LogP contribution in [0.5, 0.6) is 0 Å². The maximum absolute atomic E-state index is 12.1. The predicted molar refractivity (Wildman–Crippen MR) is 95.2 cm³/mol. The lowest BCUT2D eigenvalue weighted by molar-refractivity contribution is -0.122. The number of carbonyl (C=O) groups excluding carboxylic acids is 2. The van der Waals surface area contributed by atoms with Crippen LogP contribution in [0.15, 0.2) is 28.7 Å². The molecule has 0 bridgehead atoms. The van der Waals surface area contributed by atoms with Crippen molar-refractivity contribution in [2.75, 3.05) is 6.54 Å². The summed E-state index contributed by atoms with van der Waals surface area (Å²) in [6.45, 7) is 4.82. The smallest absolute Gasteiger partial charge is 0.251 e. The number of nitrogens with one attached hydrogen (secondary N) is 2. The van der Waals surface area contributed by atoms with Gasteiger partial charge in [0.05, 0.1) is 0 Å². The van der Waals surface area contributed by atoms with Crippen LogP contribution in [-0.4, -0.2) is 24.4 Å². The van der Waals surface area contributed by atoms with Gasteiger partial charge in [-0.25, -0.2) is 0 Å². The molecule has 3 atom stereocenters. The number of amides is 2. The molecule has 1 saturated carbocycles. The number of halogens is 1. The zero-order chi connectivity index (χ0) is 16.8. The summed E-state index contributed by atoms with van der Waals surface area (Å²) in [5.41, 5.74) is 0.600. The lowest BCUT2D eigenvalue weighted by atomic mass is 9.78. The molecular formula is C18H25BrN2O2. The molecule has 23 heavy (non-hydrogen) atoms. The summed E-state index contributed by atoms with van der Waals surface area (Å²) in [4.78, 5) is 24.0. The summed E-state index contributed by atoms with van der Waals surface area (Å²) in [5.74, 6) is 1.05. The van der Waals surface area contributed by atoms with E-state index < -0.39 is 0 Å². The van der Waals surface area contributed by atoms with E-state index in [1.54, 1.807) is 12.1 Å². The van der Waals surface area contributed by atoms with Gasteiger partial charge in [-0.3, -0.25) is 9.59 Å². The second-order valence-corrected chi connectivity index (χ2v) is 7.37. The second kappa shape index (κ2) is 8.48. The van der Waals surface area contributed by atoms with Crippen molar-refractivity contribution in [3.63, 3.8) is 0 Å². The summed E-state index contributed by atoms with van der Waals surface area (Å²) < 4.78 is 0.934. The highest BCUT2D eigenvalue weighted by Gasteiger charge is 2.27. The molecule has 1 fully saturated rings. The van der Waals surface area contributed by atoms with E-state index in [-0.39, 0.29) is 17.9 Å². The fourth-order valence-corrected chi connectivity index (χ4v) is 3.32. The Balaban J connectivity index is 1.72. The lowest BCUT2D eigenvalue weighted by Crippen LogP contribution is -2.44. The number of benzene rings is 1. The van der Waals surface area contributed by atoms with Crippen molar-refractivity contribution in [1.82, 2.24) is 10.6 Å². The molecule has 0 heterocycles. The minimum atomic E-state index is -0.148. The molecule has 2 amide bonds. The molecule has 1 aromatic rings. The molecule has 2 N–H and O–H groups in total. The van der Waals surface area contributed by atoms with Crippen molar-refractivity contribution in [3.05, 3.63) is 34.3 Å². The van der Waals surface area contributed by atoms with Gasteiger partial charge < -0.3 is 10.6 Å². The van der Waals surface area contributed by atoms with Crippen LogP contribution in [-0.2, 0) is 4.79 Å². The van der Waals surface area contributed by atoms with Crippen LogP contribution in [0.2, 0.25) is 0 Å². The highest BCUT2D eigenvalue weighted by atomic mass is 79.9. The Bertz CT molecular complexity index is 544. The maximum atomic E-state index is 12.1. The van der Waals surface area contributed by atoms with Crippen LogP contribution in [0.25, 0.3) is 0 Å². The first-order chi connectivity index (χ1) is 11.0. The summed E-state index contributed by atoms with van der Waals surface area (Å²) in [6.07, 6.45) is 3.80. The SMILES string of the molecule is C[C@@H]1[C@H](C)CCC[C@@H]1NC(=O)CCNC(=O)c1ccc(Br)cc1. The van der Waals surface area contributed by atoms with E-state index in [0.717, 1.165) is 10.9 Å². The highest BCUT2D eigenvalue weighted by molar-refractivity contribution is 9.10. The topological polar surface area (TPSA) is 58.2 Å². The molecule has 2 rings (SSSR count). The number of carbonyl (C=O) groups is 2. The van der Waals surface area contributed by atoms with Gasteiger partial charge in [-0.05, 0) is 42.5 Å².